The zero-order valence-corrected chi connectivity index (χ0v) is 16.7. The van der Waals surface area contributed by atoms with Gasteiger partial charge in [-0.1, -0.05) is 48.5 Å². The molecule has 1 N–H and O–H groups in total. The predicted molar refractivity (Wildman–Crippen MR) is 113 cm³/mol. The average Bonchev–Trinajstić information content (AvgIpc) is 2.70. The molecular weight excluding hydrogens is 350 g/mol. The highest BCUT2D eigenvalue weighted by atomic mass is 16.5. The molecule has 0 bridgehead atoms. The number of amides is 1. The summed E-state index contributed by atoms with van der Waals surface area (Å²) in [6.07, 6.45) is 0.348. The van der Waals surface area contributed by atoms with Crippen molar-refractivity contribution in [2.24, 2.45) is 0 Å². The molecule has 1 atom stereocenters. The van der Waals surface area contributed by atoms with Crippen LogP contribution in [0.5, 0.6) is 11.5 Å². The number of carbonyl (C=O) groups excluding carboxylic acids is 1. The molecule has 0 aliphatic heterocycles. The van der Waals surface area contributed by atoms with Gasteiger partial charge in [0.25, 0.3) is 0 Å². The molecule has 0 saturated heterocycles. The quantitative estimate of drug-likeness (QED) is 0.597. The van der Waals surface area contributed by atoms with E-state index in [-0.39, 0.29) is 11.9 Å². The van der Waals surface area contributed by atoms with Crippen LogP contribution in [0.2, 0.25) is 0 Å². The predicted octanol–water partition coefficient (Wildman–Crippen LogP) is 5.06. The third kappa shape index (κ3) is 4.63. The van der Waals surface area contributed by atoms with Crippen molar-refractivity contribution in [1.29, 1.82) is 0 Å². The Bertz CT molecular complexity index is 946. The lowest BCUT2D eigenvalue weighted by molar-refractivity contribution is -0.121. The molecule has 0 heterocycles. The average molecular weight is 377 g/mol. The highest BCUT2D eigenvalue weighted by Gasteiger charge is 2.14. The van der Waals surface area contributed by atoms with Crippen LogP contribution in [-0.2, 0) is 11.2 Å². The first kappa shape index (κ1) is 19.7. The van der Waals surface area contributed by atoms with Crippen molar-refractivity contribution in [3.8, 4) is 11.5 Å². The van der Waals surface area contributed by atoms with Crippen LogP contribution in [0, 0.1) is 0 Å². The lowest BCUT2D eigenvalue weighted by Gasteiger charge is -2.18. The van der Waals surface area contributed by atoms with Gasteiger partial charge in [0.15, 0.2) is 11.5 Å². The Hall–Kier alpha value is -3.01. The Labute approximate surface area is 166 Å². The van der Waals surface area contributed by atoms with E-state index in [0.29, 0.717) is 25.4 Å². The molecule has 0 aliphatic rings. The number of hydrogen-bond donors (Lipinski definition) is 1. The third-order valence-electron chi connectivity index (χ3n) is 4.68. The van der Waals surface area contributed by atoms with Crippen LogP contribution < -0.4 is 14.8 Å². The van der Waals surface area contributed by atoms with Crippen molar-refractivity contribution < 1.29 is 14.3 Å². The Morgan fingerprint density at radius 2 is 1.64 bits per heavy atom. The summed E-state index contributed by atoms with van der Waals surface area (Å²) in [6, 6.07) is 19.9. The Morgan fingerprint density at radius 3 is 2.43 bits per heavy atom. The van der Waals surface area contributed by atoms with Crippen LogP contribution in [0.25, 0.3) is 10.8 Å². The van der Waals surface area contributed by atoms with Crippen LogP contribution in [0.15, 0.2) is 60.7 Å². The lowest BCUT2D eigenvalue weighted by Crippen LogP contribution is -2.28. The zero-order chi connectivity index (χ0) is 19.9. The van der Waals surface area contributed by atoms with E-state index in [0.717, 1.165) is 27.6 Å². The molecule has 0 saturated carbocycles. The molecule has 0 fully saturated rings. The fourth-order valence-corrected chi connectivity index (χ4v) is 3.33. The number of rotatable bonds is 8. The topological polar surface area (TPSA) is 47.6 Å². The normalized spacial score (nSPS) is 11.8. The van der Waals surface area contributed by atoms with E-state index in [9.17, 15) is 4.79 Å². The van der Waals surface area contributed by atoms with Gasteiger partial charge < -0.3 is 14.8 Å². The van der Waals surface area contributed by atoms with E-state index in [1.807, 2.05) is 63.2 Å². The van der Waals surface area contributed by atoms with Crippen LogP contribution >= 0.6 is 0 Å². The summed E-state index contributed by atoms with van der Waals surface area (Å²) in [5, 5.41) is 5.36. The van der Waals surface area contributed by atoms with Gasteiger partial charge in [0, 0.05) is 0 Å². The number of benzene rings is 3. The van der Waals surface area contributed by atoms with E-state index < -0.39 is 0 Å². The summed E-state index contributed by atoms with van der Waals surface area (Å²) < 4.78 is 11.3. The summed E-state index contributed by atoms with van der Waals surface area (Å²) in [5.74, 6) is 1.43. The van der Waals surface area contributed by atoms with E-state index in [1.54, 1.807) is 0 Å². The first-order chi connectivity index (χ1) is 13.6. The summed E-state index contributed by atoms with van der Waals surface area (Å²) >= 11 is 0. The summed E-state index contributed by atoms with van der Waals surface area (Å²) in [4.78, 5) is 12.7. The smallest absolute Gasteiger partial charge is 0.224 e. The van der Waals surface area contributed by atoms with Crippen LogP contribution in [0.3, 0.4) is 0 Å². The monoisotopic (exact) mass is 377 g/mol. The minimum absolute atomic E-state index is 0.00398. The molecule has 3 aromatic carbocycles. The molecule has 4 heteroatoms. The van der Waals surface area contributed by atoms with E-state index in [1.165, 1.54) is 0 Å². The van der Waals surface area contributed by atoms with Crippen molar-refractivity contribution in [3.05, 3.63) is 71.8 Å². The fourth-order valence-electron chi connectivity index (χ4n) is 3.33. The van der Waals surface area contributed by atoms with Crippen molar-refractivity contribution in [2.45, 2.75) is 33.2 Å². The fraction of sp³-hybridized carbons (Fsp3) is 0.292. The van der Waals surface area contributed by atoms with Crippen LogP contribution in [0.4, 0.5) is 0 Å². The second kappa shape index (κ2) is 9.27. The second-order valence-corrected chi connectivity index (χ2v) is 6.68. The zero-order valence-electron chi connectivity index (χ0n) is 16.7. The SMILES string of the molecule is CCOc1ccc([C@@H](C)NC(=O)Cc2cccc3ccccc23)cc1OCC. The molecule has 0 spiro atoms. The Kier molecular flexibility index (Phi) is 6.53. The van der Waals surface area contributed by atoms with Crippen molar-refractivity contribution in [1.82, 2.24) is 5.32 Å². The number of hydrogen-bond acceptors (Lipinski definition) is 3. The molecule has 1 amide bonds. The van der Waals surface area contributed by atoms with Gasteiger partial charge in [-0.3, -0.25) is 4.79 Å². The van der Waals surface area contributed by atoms with Crippen LogP contribution in [-0.4, -0.2) is 19.1 Å². The van der Waals surface area contributed by atoms with Crippen molar-refractivity contribution in [3.63, 3.8) is 0 Å². The van der Waals surface area contributed by atoms with E-state index >= 15 is 0 Å². The molecule has 3 aromatic rings. The lowest BCUT2D eigenvalue weighted by atomic mass is 10.0. The van der Waals surface area contributed by atoms with Gasteiger partial charge in [-0.25, -0.2) is 0 Å². The van der Waals surface area contributed by atoms with Gasteiger partial charge in [0.05, 0.1) is 25.7 Å². The van der Waals surface area contributed by atoms with E-state index in [4.69, 9.17) is 9.47 Å². The van der Waals surface area contributed by atoms with Gasteiger partial charge in [-0.2, -0.15) is 0 Å². The van der Waals surface area contributed by atoms with Gasteiger partial charge in [-0.05, 0) is 54.8 Å². The minimum Gasteiger partial charge on any atom is -0.490 e. The molecular formula is C24H27NO3. The van der Waals surface area contributed by atoms with Gasteiger partial charge in [0.2, 0.25) is 5.91 Å². The maximum Gasteiger partial charge on any atom is 0.224 e. The standard InChI is InChI=1S/C24H27NO3/c1-4-27-22-14-13-19(15-23(22)28-5-2)17(3)25-24(26)16-20-11-8-10-18-9-6-7-12-21(18)20/h6-15,17H,4-5,16H2,1-3H3,(H,25,26)/t17-/m1/s1. The van der Waals surface area contributed by atoms with Crippen LogP contribution in [0.1, 0.15) is 37.9 Å². The minimum atomic E-state index is -0.127. The second-order valence-electron chi connectivity index (χ2n) is 6.68. The van der Waals surface area contributed by atoms with Gasteiger partial charge in [-0.15, -0.1) is 0 Å². The highest BCUT2D eigenvalue weighted by molar-refractivity contribution is 5.90. The number of fused-ring (bicyclic) bond motifs is 1. The van der Waals surface area contributed by atoms with Crippen molar-refractivity contribution >= 4 is 16.7 Å². The van der Waals surface area contributed by atoms with Gasteiger partial charge in [0.1, 0.15) is 0 Å². The number of carbonyl (C=O) groups is 1. The molecule has 0 unspecified atom stereocenters. The largest absolute Gasteiger partial charge is 0.490 e. The van der Waals surface area contributed by atoms with Gasteiger partial charge >= 0.3 is 0 Å². The molecule has 0 aliphatic carbocycles. The maximum absolute atomic E-state index is 12.7. The van der Waals surface area contributed by atoms with E-state index in [2.05, 4.69) is 23.5 Å². The summed E-state index contributed by atoms with van der Waals surface area (Å²) in [5.41, 5.74) is 2.02. The first-order valence-electron chi connectivity index (χ1n) is 9.78. The number of nitrogens with one attached hydrogen (secondary N) is 1. The molecule has 0 radical (unpaired) electrons. The Morgan fingerprint density at radius 1 is 0.929 bits per heavy atom. The highest BCUT2D eigenvalue weighted by Crippen LogP contribution is 2.30. The summed E-state index contributed by atoms with van der Waals surface area (Å²) in [7, 11) is 0. The first-order valence-corrected chi connectivity index (χ1v) is 9.78. The Balaban J connectivity index is 1.72. The third-order valence-corrected chi connectivity index (χ3v) is 4.68. The summed E-state index contributed by atoms with van der Waals surface area (Å²) in [6.45, 7) is 7.01. The molecule has 28 heavy (non-hydrogen) atoms. The molecule has 146 valence electrons. The molecule has 0 aromatic heterocycles. The molecule has 4 nitrogen and oxygen atoms in total. The number of ether oxygens (including phenoxy) is 2. The maximum atomic E-state index is 12.7. The molecule has 3 rings (SSSR count). The van der Waals surface area contributed by atoms with Crippen molar-refractivity contribution in [2.75, 3.05) is 13.2 Å².